The van der Waals surface area contributed by atoms with Crippen molar-refractivity contribution in [2.45, 2.75) is 20.4 Å². The smallest absolute Gasteiger partial charge is 0.178 e. The Morgan fingerprint density at radius 1 is 1.50 bits per heavy atom. The molecule has 1 heterocycles. The van der Waals surface area contributed by atoms with Gasteiger partial charge in [0.2, 0.25) is 0 Å². The molecular formula is C12H13N3S. The van der Waals surface area contributed by atoms with Crippen molar-refractivity contribution in [1.82, 2.24) is 9.55 Å². The normalized spacial score (nSPS) is 10.9. The maximum Gasteiger partial charge on any atom is 0.178 e. The van der Waals surface area contributed by atoms with E-state index in [-0.39, 0.29) is 0 Å². The van der Waals surface area contributed by atoms with Crippen LogP contribution in [-0.4, -0.2) is 9.55 Å². The van der Waals surface area contributed by atoms with Crippen LogP contribution >= 0.6 is 12.2 Å². The molecule has 0 aliphatic carbocycles. The standard InChI is InChI=1S/C12H13N3S/c1-8(2)7-15-11-5-9(6-13)3-4-10(11)14-12(15)16/h3-5,8H,7H2,1-2H3,(H,14,16). The van der Waals surface area contributed by atoms with Crippen molar-refractivity contribution in [2.75, 3.05) is 0 Å². The first-order valence-electron chi connectivity index (χ1n) is 5.24. The number of aromatic nitrogens is 2. The highest BCUT2D eigenvalue weighted by atomic mass is 32.1. The first kappa shape index (κ1) is 10.9. The second-order valence-corrected chi connectivity index (χ2v) is 4.67. The van der Waals surface area contributed by atoms with Crippen LogP contribution in [0.1, 0.15) is 19.4 Å². The highest BCUT2D eigenvalue weighted by Crippen LogP contribution is 2.17. The van der Waals surface area contributed by atoms with Gasteiger partial charge < -0.3 is 9.55 Å². The first-order valence-corrected chi connectivity index (χ1v) is 5.65. The highest BCUT2D eigenvalue weighted by molar-refractivity contribution is 7.71. The molecule has 3 nitrogen and oxygen atoms in total. The van der Waals surface area contributed by atoms with Crippen molar-refractivity contribution in [3.63, 3.8) is 0 Å². The van der Waals surface area contributed by atoms with Gasteiger partial charge in [0, 0.05) is 6.54 Å². The third-order valence-corrected chi connectivity index (χ3v) is 2.77. The average molecular weight is 231 g/mol. The van der Waals surface area contributed by atoms with Crippen molar-refractivity contribution < 1.29 is 0 Å². The molecule has 2 aromatic rings. The van der Waals surface area contributed by atoms with Crippen LogP contribution in [-0.2, 0) is 6.54 Å². The second kappa shape index (κ2) is 4.11. The predicted octanol–water partition coefficient (Wildman–Crippen LogP) is 3.23. The summed E-state index contributed by atoms with van der Waals surface area (Å²) in [6.45, 7) is 5.16. The van der Waals surface area contributed by atoms with E-state index in [1.807, 2.05) is 12.1 Å². The third kappa shape index (κ3) is 1.86. The molecule has 0 bridgehead atoms. The van der Waals surface area contributed by atoms with E-state index in [2.05, 4.69) is 29.5 Å². The fourth-order valence-electron chi connectivity index (χ4n) is 1.77. The van der Waals surface area contributed by atoms with Crippen LogP contribution in [0.5, 0.6) is 0 Å². The highest BCUT2D eigenvalue weighted by Gasteiger charge is 2.06. The van der Waals surface area contributed by atoms with Crippen molar-refractivity contribution in [3.05, 3.63) is 28.5 Å². The van der Waals surface area contributed by atoms with E-state index in [1.165, 1.54) is 0 Å². The zero-order chi connectivity index (χ0) is 11.7. The van der Waals surface area contributed by atoms with Crippen LogP contribution in [0.3, 0.4) is 0 Å². The fourth-order valence-corrected chi connectivity index (χ4v) is 2.05. The minimum absolute atomic E-state index is 0.524. The number of H-pyrrole nitrogens is 1. The number of rotatable bonds is 2. The SMILES string of the molecule is CC(C)Cn1c(=S)[nH]c2ccc(C#N)cc21. The molecule has 0 spiro atoms. The van der Waals surface area contributed by atoms with E-state index in [4.69, 9.17) is 17.5 Å². The van der Waals surface area contributed by atoms with Gasteiger partial charge in [0.05, 0.1) is 22.7 Å². The zero-order valence-corrected chi connectivity index (χ0v) is 10.1. The lowest BCUT2D eigenvalue weighted by atomic mass is 10.2. The number of aromatic amines is 1. The Bertz CT molecular complexity index is 613. The van der Waals surface area contributed by atoms with E-state index < -0.39 is 0 Å². The van der Waals surface area contributed by atoms with Crippen molar-refractivity contribution >= 4 is 23.3 Å². The summed E-state index contributed by atoms with van der Waals surface area (Å²) in [5, 5.41) is 8.88. The minimum Gasteiger partial charge on any atom is -0.331 e. The van der Waals surface area contributed by atoms with Crippen LogP contribution in [0.15, 0.2) is 18.2 Å². The van der Waals surface area contributed by atoms with E-state index in [0.717, 1.165) is 22.3 Å². The maximum atomic E-state index is 8.88. The summed E-state index contributed by atoms with van der Waals surface area (Å²) in [5.41, 5.74) is 2.67. The van der Waals surface area contributed by atoms with Gasteiger partial charge in [-0.25, -0.2) is 0 Å². The number of benzene rings is 1. The molecule has 1 aromatic carbocycles. The Hall–Kier alpha value is -1.60. The average Bonchev–Trinajstić information content (AvgIpc) is 2.54. The van der Waals surface area contributed by atoms with Gasteiger partial charge in [-0.15, -0.1) is 0 Å². The number of nitriles is 1. The Balaban J connectivity index is 2.67. The quantitative estimate of drug-likeness (QED) is 0.806. The summed E-state index contributed by atoms with van der Waals surface area (Å²) in [6.07, 6.45) is 0. The summed E-state index contributed by atoms with van der Waals surface area (Å²) in [4.78, 5) is 3.15. The lowest BCUT2D eigenvalue weighted by Crippen LogP contribution is -2.04. The summed E-state index contributed by atoms with van der Waals surface area (Å²) < 4.78 is 2.77. The lowest BCUT2D eigenvalue weighted by Gasteiger charge is -2.07. The van der Waals surface area contributed by atoms with E-state index >= 15 is 0 Å². The Labute approximate surface area is 99.3 Å². The fraction of sp³-hybridized carbons (Fsp3) is 0.333. The van der Waals surface area contributed by atoms with Crippen LogP contribution in [0, 0.1) is 22.0 Å². The molecule has 0 amide bonds. The number of fused-ring (bicyclic) bond motifs is 1. The Kier molecular flexibility index (Phi) is 2.80. The molecule has 0 radical (unpaired) electrons. The molecule has 0 saturated carbocycles. The maximum absolute atomic E-state index is 8.88. The van der Waals surface area contributed by atoms with Gasteiger partial charge >= 0.3 is 0 Å². The second-order valence-electron chi connectivity index (χ2n) is 4.28. The first-order chi connectivity index (χ1) is 7.61. The van der Waals surface area contributed by atoms with Crippen LogP contribution in [0.4, 0.5) is 0 Å². The topological polar surface area (TPSA) is 44.5 Å². The minimum atomic E-state index is 0.524. The van der Waals surface area contributed by atoms with Crippen LogP contribution < -0.4 is 0 Å². The van der Waals surface area contributed by atoms with Crippen LogP contribution in [0.2, 0.25) is 0 Å². The number of nitrogens with one attached hydrogen (secondary N) is 1. The van der Waals surface area contributed by atoms with Gasteiger partial charge in [0.25, 0.3) is 0 Å². The summed E-state index contributed by atoms with van der Waals surface area (Å²) >= 11 is 5.28. The molecule has 0 unspecified atom stereocenters. The molecule has 0 atom stereocenters. The molecular weight excluding hydrogens is 218 g/mol. The summed E-state index contributed by atoms with van der Waals surface area (Å²) in [6, 6.07) is 7.73. The van der Waals surface area contributed by atoms with Crippen molar-refractivity contribution in [3.8, 4) is 6.07 Å². The number of nitrogens with zero attached hydrogens (tertiary/aromatic N) is 2. The number of hydrogen-bond acceptors (Lipinski definition) is 2. The third-order valence-electron chi connectivity index (χ3n) is 2.45. The number of hydrogen-bond donors (Lipinski definition) is 1. The summed E-state index contributed by atoms with van der Waals surface area (Å²) in [7, 11) is 0. The van der Waals surface area contributed by atoms with Gasteiger partial charge in [0.1, 0.15) is 0 Å². The Morgan fingerprint density at radius 2 is 2.25 bits per heavy atom. The molecule has 0 aliphatic heterocycles. The molecule has 1 N–H and O–H groups in total. The number of imidazole rings is 1. The van der Waals surface area contributed by atoms with Gasteiger partial charge in [0.15, 0.2) is 4.77 Å². The Morgan fingerprint density at radius 3 is 2.88 bits per heavy atom. The molecule has 0 saturated heterocycles. The van der Waals surface area contributed by atoms with E-state index in [9.17, 15) is 0 Å². The molecule has 16 heavy (non-hydrogen) atoms. The molecule has 0 aliphatic rings. The lowest BCUT2D eigenvalue weighted by molar-refractivity contribution is 0.529. The van der Waals surface area contributed by atoms with Crippen molar-refractivity contribution in [2.24, 2.45) is 5.92 Å². The predicted molar refractivity (Wildman–Crippen MR) is 66.7 cm³/mol. The largest absolute Gasteiger partial charge is 0.331 e. The van der Waals surface area contributed by atoms with Gasteiger partial charge in [-0.2, -0.15) is 5.26 Å². The van der Waals surface area contributed by atoms with Crippen LogP contribution in [0.25, 0.3) is 11.0 Å². The molecule has 0 fully saturated rings. The van der Waals surface area contributed by atoms with E-state index in [0.29, 0.717) is 11.5 Å². The van der Waals surface area contributed by atoms with Gasteiger partial charge in [-0.3, -0.25) is 0 Å². The molecule has 2 rings (SSSR count). The summed E-state index contributed by atoms with van der Waals surface area (Å²) in [5.74, 6) is 0.524. The molecule has 4 heteroatoms. The van der Waals surface area contributed by atoms with Gasteiger partial charge in [-0.1, -0.05) is 13.8 Å². The zero-order valence-electron chi connectivity index (χ0n) is 9.32. The van der Waals surface area contributed by atoms with E-state index in [1.54, 1.807) is 6.07 Å². The van der Waals surface area contributed by atoms with Crippen molar-refractivity contribution in [1.29, 1.82) is 5.26 Å². The monoisotopic (exact) mass is 231 g/mol. The van der Waals surface area contributed by atoms with Gasteiger partial charge in [-0.05, 0) is 36.3 Å². The molecule has 1 aromatic heterocycles. The molecule has 82 valence electrons.